The lowest BCUT2D eigenvalue weighted by Crippen LogP contribution is -2.26. The number of carbonyl (C=O) groups is 2. The third kappa shape index (κ3) is 3.24. The van der Waals surface area contributed by atoms with E-state index >= 15 is 0 Å². The Hall–Kier alpha value is -3.24. The van der Waals surface area contributed by atoms with Crippen LogP contribution in [-0.2, 0) is 11.3 Å². The molecule has 3 N–H and O–H groups in total. The minimum atomic E-state index is -0.829. The second-order valence-electron chi connectivity index (χ2n) is 5.12. The predicted molar refractivity (Wildman–Crippen MR) is 83.4 cm³/mol. The first kappa shape index (κ1) is 17.1. The highest BCUT2D eigenvalue weighted by atomic mass is 16.6. The number of primary amides is 1. The number of hydrogen-bond acceptors (Lipinski definition) is 6. The van der Waals surface area contributed by atoms with Crippen LogP contribution in [0.2, 0.25) is 0 Å². The lowest BCUT2D eigenvalue weighted by atomic mass is 10.2. The molecule has 0 spiro atoms. The van der Waals surface area contributed by atoms with Crippen LogP contribution in [0, 0.1) is 17.0 Å². The first-order valence-electron chi connectivity index (χ1n) is 7.13. The van der Waals surface area contributed by atoms with Gasteiger partial charge in [0.25, 0.3) is 11.8 Å². The van der Waals surface area contributed by atoms with E-state index in [1.54, 1.807) is 6.92 Å². The molecule has 0 fully saturated rings. The number of carbonyl (C=O) groups excluding carboxylic acids is 2. The van der Waals surface area contributed by atoms with Crippen molar-refractivity contribution < 1.29 is 14.5 Å². The summed E-state index contributed by atoms with van der Waals surface area (Å²) in [5.41, 5.74) is 5.84. The number of nitrogens with two attached hydrogens (primary N) is 1. The molecule has 0 aliphatic heterocycles. The van der Waals surface area contributed by atoms with Crippen LogP contribution in [0.4, 0.5) is 11.5 Å². The van der Waals surface area contributed by atoms with Gasteiger partial charge in [-0.3, -0.25) is 14.3 Å². The highest BCUT2D eigenvalue weighted by molar-refractivity contribution is 6.02. The monoisotopic (exact) mass is 335 g/mol. The first-order valence-corrected chi connectivity index (χ1v) is 7.13. The quantitative estimate of drug-likeness (QED) is 0.583. The Morgan fingerprint density at radius 3 is 2.62 bits per heavy atom. The number of aromatic nitrogens is 4. The van der Waals surface area contributed by atoms with Crippen molar-refractivity contribution in [3.63, 3.8) is 0 Å². The van der Waals surface area contributed by atoms with Gasteiger partial charge >= 0.3 is 5.82 Å². The molecule has 0 aliphatic carbocycles. The van der Waals surface area contributed by atoms with Gasteiger partial charge in [0, 0.05) is 12.7 Å². The van der Waals surface area contributed by atoms with Crippen molar-refractivity contribution in [1.82, 2.24) is 19.6 Å². The lowest BCUT2D eigenvalue weighted by molar-refractivity contribution is -0.389. The van der Waals surface area contributed by atoms with Gasteiger partial charge in [-0.2, -0.15) is 9.78 Å². The number of hydrogen-bond donors (Lipinski definition) is 2. The maximum atomic E-state index is 12.4. The molecule has 11 heteroatoms. The summed E-state index contributed by atoms with van der Waals surface area (Å²) in [6.45, 7) is 5.45. The first-order chi connectivity index (χ1) is 11.2. The molecule has 11 nitrogen and oxygen atoms in total. The number of nitrogens with one attached hydrogen (secondary N) is 1. The second kappa shape index (κ2) is 6.48. The normalized spacial score (nSPS) is 12.0. The molecule has 2 heterocycles. The molecule has 0 aliphatic rings. The number of rotatable bonds is 6. The number of nitrogens with zero attached hydrogens (tertiary/aromatic N) is 5. The summed E-state index contributed by atoms with van der Waals surface area (Å²) in [6, 6.07) is 0.442. The molecular weight excluding hydrogens is 318 g/mol. The van der Waals surface area contributed by atoms with Gasteiger partial charge in [0.15, 0.2) is 5.69 Å². The zero-order valence-electron chi connectivity index (χ0n) is 13.4. The molecule has 2 aromatic heterocycles. The van der Waals surface area contributed by atoms with Crippen LogP contribution in [0.5, 0.6) is 0 Å². The number of aryl methyl sites for hydroxylation is 2. The van der Waals surface area contributed by atoms with Gasteiger partial charge in [0.1, 0.15) is 6.04 Å². The van der Waals surface area contributed by atoms with Crippen molar-refractivity contribution in [1.29, 1.82) is 0 Å². The number of nitro groups is 1. The molecule has 0 aromatic carbocycles. The van der Waals surface area contributed by atoms with E-state index in [0.717, 1.165) is 0 Å². The highest BCUT2D eigenvalue weighted by Crippen LogP contribution is 2.19. The van der Waals surface area contributed by atoms with Crippen LogP contribution < -0.4 is 11.1 Å². The standard InChI is InChI=1S/C13H17N7O4/c1-4-18-6-9(11(17-18)12(14)21)15-13(22)8(3)19-7(2)5-10(16-19)20(23)24/h5-6,8H,4H2,1-3H3,(H2,14,21)(H,15,22). The fraction of sp³-hybridized carbons (Fsp3) is 0.385. The number of anilines is 1. The Bertz CT molecular complexity index is 807. The van der Waals surface area contributed by atoms with Gasteiger partial charge < -0.3 is 21.2 Å². The molecule has 128 valence electrons. The van der Waals surface area contributed by atoms with Crippen molar-refractivity contribution >= 4 is 23.3 Å². The largest absolute Gasteiger partial charge is 0.390 e. The van der Waals surface area contributed by atoms with Gasteiger partial charge in [0.2, 0.25) is 0 Å². The van der Waals surface area contributed by atoms with Crippen molar-refractivity contribution in [3.05, 3.63) is 33.8 Å². The Kier molecular flexibility index (Phi) is 4.62. The summed E-state index contributed by atoms with van der Waals surface area (Å²) in [5.74, 6) is -1.62. The van der Waals surface area contributed by atoms with Crippen LogP contribution in [0.15, 0.2) is 12.3 Å². The summed E-state index contributed by atoms with van der Waals surface area (Å²) < 4.78 is 2.70. The molecule has 0 bridgehead atoms. The van der Waals surface area contributed by atoms with E-state index in [2.05, 4.69) is 15.5 Å². The molecule has 0 radical (unpaired) electrons. The van der Waals surface area contributed by atoms with E-state index in [1.165, 1.54) is 28.6 Å². The summed E-state index contributed by atoms with van der Waals surface area (Å²) in [4.78, 5) is 33.9. The van der Waals surface area contributed by atoms with Gasteiger partial charge in [-0.05, 0) is 25.7 Å². The van der Waals surface area contributed by atoms with E-state index in [0.29, 0.717) is 12.2 Å². The fourth-order valence-corrected chi connectivity index (χ4v) is 2.16. The Balaban J connectivity index is 2.25. The molecular formula is C13H17N7O4. The van der Waals surface area contributed by atoms with E-state index in [1.807, 2.05) is 6.92 Å². The van der Waals surface area contributed by atoms with E-state index < -0.39 is 22.8 Å². The summed E-state index contributed by atoms with van der Waals surface area (Å²) >= 11 is 0. The minimum Gasteiger partial charge on any atom is -0.364 e. The van der Waals surface area contributed by atoms with Gasteiger partial charge in [-0.1, -0.05) is 0 Å². The van der Waals surface area contributed by atoms with Crippen LogP contribution >= 0.6 is 0 Å². The molecule has 0 saturated carbocycles. The molecule has 0 saturated heterocycles. The Morgan fingerprint density at radius 2 is 2.12 bits per heavy atom. The van der Waals surface area contributed by atoms with Gasteiger partial charge in [-0.15, -0.1) is 0 Å². The molecule has 2 aromatic rings. The zero-order chi connectivity index (χ0) is 18.0. The lowest BCUT2D eigenvalue weighted by Gasteiger charge is -2.10. The highest BCUT2D eigenvalue weighted by Gasteiger charge is 2.26. The van der Waals surface area contributed by atoms with Crippen LogP contribution in [0.1, 0.15) is 36.1 Å². The summed E-state index contributed by atoms with van der Waals surface area (Å²) in [5, 5.41) is 21.1. The third-order valence-electron chi connectivity index (χ3n) is 3.42. The zero-order valence-corrected chi connectivity index (χ0v) is 13.4. The predicted octanol–water partition coefficient (Wildman–Crippen LogP) is 0.615. The second-order valence-corrected chi connectivity index (χ2v) is 5.12. The molecule has 24 heavy (non-hydrogen) atoms. The number of amides is 2. The third-order valence-corrected chi connectivity index (χ3v) is 3.42. The van der Waals surface area contributed by atoms with E-state index in [-0.39, 0.29) is 17.2 Å². The minimum absolute atomic E-state index is 0.0550. The maximum absolute atomic E-state index is 12.4. The van der Waals surface area contributed by atoms with Crippen LogP contribution in [0.25, 0.3) is 0 Å². The van der Waals surface area contributed by atoms with Crippen LogP contribution in [0.3, 0.4) is 0 Å². The van der Waals surface area contributed by atoms with E-state index in [9.17, 15) is 19.7 Å². The van der Waals surface area contributed by atoms with Crippen molar-refractivity contribution in [2.45, 2.75) is 33.4 Å². The molecule has 1 atom stereocenters. The Labute approximate surface area is 136 Å². The average Bonchev–Trinajstić information content (AvgIpc) is 3.10. The van der Waals surface area contributed by atoms with Crippen LogP contribution in [-0.4, -0.2) is 36.3 Å². The smallest absolute Gasteiger partial charge is 0.364 e. The van der Waals surface area contributed by atoms with Gasteiger partial charge in [-0.25, -0.2) is 0 Å². The SMILES string of the molecule is CCn1cc(NC(=O)C(C)n2nc([N+](=O)[O-])cc2C)c(C(N)=O)n1. The maximum Gasteiger partial charge on any atom is 0.390 e. The van der Waals surface area contributed by atoms with E-state index in [4.69, 9.17) is 5.73 Å². The fourth-order valence-electron chi connectivity index (χ4n) is 2.16. The topological polar surface area (TPSA) is 151 Å². The van der Waals surface area contributed by atoms with Gasteiger partial charge in [0.05, 0.1) is 22.5 Å². The molecule has 2 rings (SSSR count). The van der Waals surface area contributed by atoms with Crippen molar-refractivity contribution in [2.24, 2.45) is 5.73 Å². The average molecular weight is 335 g/mol. The van der Waals surface area contributed by atoms with Crippen molar-refractivity contribution in [2.75, 3.05) is 5.32 Å². The summed E-state index contributed by atoms with van der Waals surface area (Å²) in [7, 11) is 0. The molecule has 2 amide bonds. The van der Waals surface area contributed by atoms with Crippen molar-refractivity contribution in [3.8, 4) is 0 Å². The Morgan fingerprint density at radius 1 is 1.46 bits per heavy atom. The summed E-state index contributed by atoms with van der Waals surface area (Å²) in [6.07, 6.45) is 1.49. The molecule has 1 unspecified atom stereocenters.